The Hall–Kier alpha value is -2.22. The maximum atomic E-state index is 14.3. The van der Waals surface area contributed by atoms with Crippen molar-refractivity contribution in [1.82, 2.24) is 4.31 Å². The standard InChI is InChI=1S/C18H16FNO4S/c19-16-5-4-14(15-3-1-2-13-6-9-24-18(13)15)12-17(16)25(21,22)20-7-10-23-11-8-20/h1-6,9,12H,7-8,10-11H2. The number of sulfonamides is 1. The average Bonchev–Trinajstić information content (AvgIpc) is 3.11. The van der Waals surface area contributed by atoms with E-state index in [4.69, 9.17) is 9.15 Å². The molecule has 2 aromatic carbocycles. The van der Waals surface area contributed by atoms with Gasteiger partial charge in [-0.15, -0.1) is 0 Å². The van der Waals surface area contributed by atoms with Crippen LogP contribution in [0.2, 0.25) is 0 Å². The zero-order chi connectivity index (χ0) is 17.4. The minimum atomic E-state index is -3.92. The average molecular weight is 361 g/mol. The molecule has 1 saturated heterocycles. The molecule has 0 N–H and O–H groups in total. The Bertz CT molecular complexity index is 1020. The molecule has 7 heteroatoms. The molecule has 0 saturated carbocycles. The lowest BCUT2D eigenvalue weighted by atomic mass is 10.0. The van der Waals surface area contributed by atoms with Crippen LogP contribution in [0.15, 0.2) is 58.0 Å². The predicted molar refractivity (Wildman–Crippen MR) is 91.2 cm³/mol. The molecular weight excluding hydrogens is 345 g/mol. The van der Waals surface area contributed by atoms with Crippen LogP contribution in [0.4, 0.5) is 4.39 Å². The Morgan fingerprint density at radius 3 is 2.64 bits per heavy atom. The minimum Gasteiger partial charge on any atom is -0.464 e. The lowest BCUT2D eigenvalue weighted by Crippen LogP contribution is -2.40. The summed E-state index contributed by atoms with van der Waals surface area (Å²) in [7, 11) is -3.92. The number of ether oxygens (including phenoxy) is 1. The highest BCUT2D eigenvalue weighted by Gasteiger charge is 2.29. The van der Waals surface area contributed by atoms with Gasteiger partial charge in [0.2, 0.25) is 10.0 Å². The number of nitrogens with zero attached hydrogens (tertiary/aromatic N) is 1. The van der Waals surface area contributed by atoms with Crippen LogP contribution >= 0.6 is 0 Å². The van der Waals surface area contributed by atoms with Crippen LogP contribution in [0.3, 0.4) is 0 Å². The highest BCUT2D eigenvalue weighted by molar-refractivity contribution is 7.89. The van der Waals surface area contributed by atoms with E-state index in [1.807, 2.05) is 24.3 Å². The van der Waals surface area contributed by atoms with Crippen molar-refractivity contribution in [1.29, 1.82) is 0 Å². The zero-order valence-corrected chi connectivity index (χ0v) is 14.1. The van der Waals surface area contributed by atoms with Gasteiger partial charge in [0.05, 0.1) is 19.5 Å². The van der Waals surface area contributed by atoms with Crippen LogP contribution in [0.1, 0.15) is 0 Å². The zero-order valence-electron chi connectivity index (χ0n) is 13.3. The molecule has 0 spiro atoms. The highest BCUT2D eigenvalue weighted by atomic mass is 32.2. The third kappa shape index (κ3) is 2.84. The van der Waals surface area contributed by atoms with Crippen LogP contribution in [-0.2, 0) is 14.8 Å². The number of morpholine rings is 1. The number of rotatable bonds is 3. The van der Waals surface area contributed by atoms with E-state index in [1.54, 1.807) is 12.3 Å². The summed E-state index contributed by atoms with van der Waals surface area (Å²) in [5, 5.41) is 0.902. The Labute approximate surface area is 144 Å². The second-order valence-corrected chi connectivity index (χ2v) is 7.71. The van der Waals surface area contributed by atoms with Gasteiger partial charge < -0.3 is 9.15 Å². The van der Waals surface area contributed by atoms with Gasteiger partial charge in [-0.25, -0.2) is 12.8 Å². The summed E-state index contributed by atoms with van der Waals surface area (Å²) in [5.41, 5.74) is 1.96. The molecule has 1 fully saturated rings. The van der Waals surface area contributed by atoms with E-state index in [0.29, 0.717) is 24.4 Å². The van der Waals surface area contributed by atoms with Gasteiger partial charge in [-0.1, -0.05) is 24.3 Å². The molecule has 3 aromatic rings. The smallest absolute Gasteiger partial charge is 0.246 e. The van der Waals surface area contributed by atoms with Crippen molar-refractivity contribution in [2.24, 2.45) is 0 Å². The molecule has 1 aliphatic heterocycles. The molecule has 5 nitrogen and oxygen atoms in total. The van der Waals surface area contributed by atoms with Gasteiger partial charge in [-0.3, -0.25) is 0 Å². The van der Waals surface area contributed by atoms with E-state index in [2.05, 4.69) is 0 Å². The number of benzene rings is 2. The van der Waals surface area contributed by atoms with Gasteiger partial charge >= 0.3 is 0 Å². The predicted octanol–water partition coefficient (Wildman–Crippen LogP) is 3.26. The van der Waals surface area contributed by atoms with Gasteiger partial charge in [-0.05, 0) is 23.8 Å². The number of para-hydroxylation sites is 1. The summed E-state index contributed by atoms with van der Waals surface area (Å²) < 4.78 is 51.9. The number of halogens is 1. The molecule has 2 heterocycles. The first-order valence-electron chi connectivity index (χ1n) is 7.91. The first kappa shape index (κ1) is 16.3. The van der Waals surface area contributed by atoms with E-state index in [9.17, 15) is 12.8 Å². The molecule has 1 aromatic heterocycles. The SMILES string of the molecule is O=S(=O)(c1cc(-c2cccc3ccoc23)ccc1F)N1CCOCC1. The van der Waals surface area contributed by atoms with Crippen molar-refractivity contribution in [3.8, 4) is 11.1 Å². The molecule has 0 aliphatic carbocycles. The molecule has 0 radical (unpaired) electrons. The summed E-state index contributed by atoms with van der Waals surface area (Å²) >= 11 is 0. The Kier molecular flexibility index (Phi) is 4.07. The molecule has 4 rings (SSSR count). The van der Waals surface area contributed by atoms with Crippen molar-refractivity contribution in [2.45, 2.75) is 4.90 Å². The van der Waals surface area contributed by atoms with Gasteiger partial charge in [0.1, 0.15) is 16.3 Å². The van der Waals surface area contributed by atoms with Crippen LogP contribution < -0.4 is 0 Å². The quantitative estimate of drug-likeness (QED) is 0.718. The van der Waals surface area contributed by atoms with Crippen LogP contribution in [-0.4, -0.2) is 39.0 Å². The third-order valence-electron chi connectivity index (χ3n) is 4.31. The highest BCUT2D eigenvalue weighted by Crippen LogP contribution is 2.32. The monoisotopic (exact) mass is 361 g/mol. The maximum absolute atomic E-state index is 14.3. The second-order valence-electron chi connectivity index (χ2n) is 5.81. The fourth-order valence-electron chi connectivity index (χ4n) is 3.01. The molecule has 1 aliphatic rings. The van der Waals surface area contributed by atoms with E-state index in [1.165, 1.54) is 16.4 Å². The summed E-state index contributed by atoms with van der Waals surface area (Å²) in [6.45, 7) is 1.07. The molecular formula is C18H16FNO4S. The maximum Gasteiger partial charge on any atom is 0.246 e. The summed E-state index contributed by atoms with van der Waals surface area (Å²) in [5.74, 6) is -0.762. The Balaban J connectivity index is 1.83. The molecule has 0 bridgehead atoms. The lowest BCUT2D eigenvalue weighted by Gasteiger charge is -2.26. The third-order valence-corrected chi connectivity index (χ3v) is 6.22. The number of hydrogen-bond acceptors (Lipinski definition) is 4. The summed E-state index contributed by atoms with van der Waals surface area (Å²) in [6, 6.07) is 11.5. The largest absolute Gasteiger partial charge is 0.464 e. The Morgan fingerprint density at radius 2 is 1.84 bits per heavy atom. The van der Waals surface area contributed by atoms with Crippen molar-refractivity contribution in [3.05, 3.63) is 54.5 Å². The summed E-state index contributed by atoms with van der Waals surface area (Å²) in [6.07, 6.45) is 1.57. The minimum absolute atomic E-state index is 0.222. The molecule has 130 valence electrons. The molecule has 0 amide bonds. The van der Waals surface area contributed by atoms with Gasteiger partial charge in [0.25, 0.3) is 0 Å². The number of furan rings is 1. The van der Waals surface area contributed by atoms with Gasteiger partial charge in [0, 0.05) is 24.0 Å². The van der Waals surface area contributed by atoms with Crippen LogP contribution in [0.25, 0.3) is 22.1 Å². The van der Waals surface area contributed by atoms with Gasteiger partial charge in [0.15, 0.2) is 0 Å². The molecule has 0 unspecified atom stereocenters. The normalized spacial score (nSPS) is 16.4. The Morgan fingerprint density at radius 1 is 1.04 bits per heavy atom. The van der Waals surface area contributed by atoms with Crippen molar-refractivity contribution in [3.63, 3.8) is 0 Å². The topological polar surface area (TPSA) is 59.8 Å². The van der Waals surface area contributed by atoms with E-state index in [0.717, 1.165) is 10.9 Å². The second kappa shape index (κ2) is 6.25. The fraction of sp³-hybridized carbons (Fsp3) is 0.222. The molecule has 0 atom stereocenters. The van der Waals surface area contributed by atoms with Crippen LogP contribution in [0.5, 0.6) is 0 Å². The van der Waals surface area contributed by atoms with E-state index < -0.39 is 15.8 Å². The fourth-order valence-corrected chi connectivity index (χ4v) is 4.51. The summed E-state index contributed by atoms with van der Waals surface area (Å²) in [4.78, 5) is -0.324. The lowest BCUT2D eigenvalue weighted by molar-refractivity contribution is 0.0729. The van der Waals surface area contributed by atoms with E-state index in [-0.39, 0.29) is 18.0 Å². The van der Waals surface area contributed by atoms with Crippen molar-refractivity contribution >= 4 is 21.0 Å². The van der Waals surface area contributed by atoms with Crippen molar-refractivity contribution < 1.29 is 22.0 Å². The van der Waals surface area contributed by atoms with Crippen LogP contribution in [0, 0.1) is 5.82 Å². The number of hydrogen-bond donors (Lipinski definition) is 0. The molecule has 25 heavy (non-hydrogen) atoms. The first-order chi connectivity index (χ1) is 12.1. The number of fused-ring (bicyclic) bond motifs is 1. The van der Waals surface area contributed by atoms with Crippen molar-refractivity contribution in [2.75, 3.05) is 26.3 Å². The van der Waals surface area contributed by atoms with Gasteiger partial charge in [-0.2, -0.15) is 4.31 Å². The first-order valence-corrected chi connectivity index (χ1v) is 9.35. The van der Waals surface area contributed by atoms with E-state index >= 15 is 0 Å².